The van der Waals surface area contributed by atoms with Crippen molar-refractivity contribution in [3.05, 3.63) is 29.3 Å². The maximum Gasteiger partial charge on any atom is 0.341 e. The van der Waals surface area contributed by atoms with Gasteiger partial charge in [-0.15, -0.1) is 21.5 Å². The third kappa shape index (κ3) is 5.54. The molecule has 0 saturated heterocycles. The number of rotatable bonds is 7. The number of tetrazole rings is 1. The van der Waals surface area contributed by atoms with E-state index in [-0.39, 0.29) is 39.4 Å². The first-order valence-corrected chi connectivity index (χ1v) is 12.9. The van der Waals surface area contributed by atoms with Gasteiger partial charge in [0.15, 0.2) is 12.4 Å². The first-order valence-electron chi connectivity index (χ1n) is 11.7. The molecule has 2 aromatic heterocycles. The Labute approximate surface area is 218 Å². The van der Waals surface area contributed by atoms with Gasteiger partial charge in [0.1, 0.15) is 9.90 Å². The number of carbonyl (C=O) groups excluding carboxylic acids is 1. The lowest BCUT2D eigenvalue weighted by Gasteiger charge is -2.48. The van der Waals surface area contributed by atoms with E-state index in [2.05, 4.69) is 48.3 Å². The molecule has 1 saturated carbocycles. The number of halogens is 1. The van der Waals surface area contributed by atoms with Gasteiger partial charge < -0.3 is 14.7 Å². The van der Waals surface area contributed by atoms with E-state index in [1.807, 2.05) is 29.2 Å². The minimum Gasteiger partial charge on any atom is -0.479 e. The SMILES string of the molecule is CC(=O)N(c1cccc(-c2sc(-c3nn[nH]n3)c(OCC(=O)O)c2Cl)c1)C1CC(C)(C)CC(C)(C)C1. The van der Waals surface area contributed by atoms with Gasteiger partial charge >= 0.3 is 5.97 Å². The molecule has 1 aliphatic carbocycles. The van der Waals surface area contributed by atoms with Crippen molar-refractivity contribution in [1.82, 2.24) is 20.6 Å². The van der Waals surface area contributed by atoms with Crippen LogP contribution in [0, 0.1) is 10.8 Å². The fourth-order valence-corrected chi connectivity index (χ4v) is 7.16. The number of hydrogen-bond donors (Lipinski definition) is 2. The lowest BCUT2D eigenvalue weighted by Crippen LogP contribution is -2.48. The quantitative estimate of drug-likeness (QED) is 0.402. The first-order chi connectivity index (χ1) is 16.9. The summed E-state index contributed by atoms with van der Waals surface area (Å²) in [6.07, 6.45) is 2.93. The Hall–Kier alpha value is -2.98. The Balaban J connectivity index is 1.75. The van der Waals surface area contributed by atoms with Crippen LogP contribution in [0.4, 0.5) is 5.69 Å². The summed E-state index contributed by atoms with van der Waals surface area (Å²) in [5.41, 5.74) is 1.80. The predicted molar refractivity (Wildman–Crippen MR) is 139 cm³/mol. The number of amides is 1. The number of H-pyrrole nitrogens is 1. The van der Waals surface area contributed by atoms with Crippen LogP contribution in [-0.2, 0) is 9.59 Å². The van der Waals surface area contributed by atoms with E-state index in [1.54, 1.807) is 6.92 Å². The maximum atomic E-state index is 12.9. The minimum absolute atomic E-state index is 0.0131. The number of carbonyl (C=O) groups is 2. The lowest BCUT2D eigenvalue weighted by atomic mass is 9.63. The lowest BCUT2D eigenvalue weighted by molar-refractivity contribution is -0.139. The average Bonchev–Trinajstić information content (AvgIpc) is 3.38. The van der Waals surface area contributed by atoms with Crippen LogP contribution in [0.1, 0.15) is 53.9 Å². The molecule has 11 heteroatoms. The van der Waals surface area contributed by atoms with Crippen molar-refractivity contribution in [2.24, 2.45) is 10.8 Å². The van der Waals surface area contributed by atoms with Crippen LogP contribution in [0.25, 0.3) is 21.1 Å². The van der Waals surface area contributed by atoms with E-state index >= 15 is 0 Å². The van der Waals surface area contributed by atoms with E-state index in [0.29, 0.717) is 9.75 Å². The fraction of sp³-hybridized carbons (Fsp3) is 0.480. The van der Waals surface area contributed by atoms with Crippen molar-refractivity contribution in [2.45, 2.75) is 59.9 Å². The summed E-state index contributed by atoms with van der Waals surface area (Å²) in [6, 6.07) is 7.73. The van der Waals surface area contributed by atoms with Crippen molar-refractivity contribution in [2.75, 3.05) is 11.5 Å². The molecule has 1 fully saturated rings. The molecule has 0 atom stereocenters. The Morgan fingerprint density at radius 2 is 1.92 bits per heavy atom. The number of thiophene rings is 1. The van der Waals surface area contributed by atoms with Crippen LogP contribution in [0.5, 0.6) is 5.75 Å². The van der Waals surface area contributed by atoms with Gasteiger partial charge in [-0.2, -0.15) is 5.21 Å². The van der Waals surface area contributed by atoms with Gasteiger partial charge in [-0.1, -0.05) is 51.4 Å². The van der Waals surface area contributed by atoms with E-state index in [1.165, 1.54) is 11.3 Å². The van der Waals surface area contributed by atoms with Crippen LogP contribution in [0.2, 0.25) is 5.02 Å². The van der Waals surface area contributed by atoms with Crippen LogP contribution < -0.4 is 9.64 Å². The molecule has 1 aromatic carbocycles. The zero-order valence-electron chi connectivity index (χ0n) is 21.0. The van der Waals surface area contributed by atoms with Gasteiger partial charge in [-0.25, -0.2) is 4.79 Å². The second-order valence-corrected chi connectivity index (χ2v) is 12.2. The van der Waals surface area contributed by atoms with E-state index in [9.17, 15) is 9.59 Å². The number of aromatic amines is 1. The summed E-state index contributed by atoms with van der Waals surface area (Å²) in [5.74, 6) is -0.706. The van der Waals surface area contributed by atoms with E-state index in [4.69, 9.17) is 21.4 Å². The molecule has 0 aliphatic heterocycles. The summed E-state index contributed by atoms with van der Waals surface area (Å²) in [7, 11) is 0. The van der Waals surface area contributed by atoms with Gasteiger partial charge in [0.25, 0.3) is 0 Å². The fourth-order valence-electron chi connectivity index (χ4n) is 5.67. The molecule has 36 heavy (non-hydrogen) atoms. The highest BCUT2D eigenvalue weighted by atomic mass is 35.5. The highest BCUT2D eigenvalue weighted by molar-refractivity contribution is 7.20. The number of ether oxygens (including phenoxy) is 1. The highest BCUT2D eigenvalue weighted by Crippen LogP contribution is 2.51. The zero-order valence-corrected chi connectivity index (χ0v) is 22.5. The summed E-state index contributed by atoms with van der Waals surface area (Å²) in [6.45, 7) is 10.1. The number of carboxylic acid groups (broad SMARTS) is 1. The van der Waals surface area contributed by atoms with Crippen LogP contribution in [-0.4, -0.2) is 50.3 Å². The molecule has 1 aliphatic rings. The molecule has 0 unspecified atom stereocenters. The molecule has 0 bridgehead atoms. The van der Waals surface area contributed by atoms with Crippen molar-refractivity contribution in [1.29, 1.82) is 0 Å². The largest absolute Gasteiger partial charge is 0.479 e. The normalized spacial score (nSPS) is 17.1. The maximum absolute atomic E-state index is 12.9. The number of nitrogens with zero attached hydrogens (tertiary/aromatic N) is 4. The van der Waals surface area contributed by atoms with Crippen molar-refractivity contribution in [3.63, 3.8) is 0 Å². The predicted octanol–water partition coefficient (Wildman–Crippen LogP) is 5.67. The van der Waals surface area contributed by atoms with Crippen LogP contribution in [0.3, 0.4) is 0 Å². The van der Waals surface area contributed by atoms with Crippen LogP contribution in [0.15, 0.2) is 24.3 Å². The number of aromatic nitrogens is 4. The first kappa shape index (κ1) is 26.1. The second-order valence-electron chi connectivity index (χ2n) is 10.8. The summed E-state index contributed by atoms with van der Waals surface area (Å²) < 4.78 is 5.50. The number of benzene rings is 1. The summed E-state index contributed by atoms with van der Waals surface area (Å²) in [4.78, 5) is 27.1. The third-order valence-corrected chi connectivity index (χ3v) is 8.01. The molecular formula is C25H30ClN5O4S. The number of carboxylic acids is 1. The molecule has 2 N–H and O–H groups in total. The minimum atomic E-state index is -1.13. The molecule has 3 aromatic rings. The number of aliphatic carboxylic acids is 1. The second kappa shape index (κ2) is 9.82. The van der Waals surface area contributed by atoms with Gasteiger partial charge in [-0.3, -0.25) is 4.79 Å². The standard InChI is InChI=1S/C25H30ClN5O4S/c1-14(32)31(17-10-24(2,3)13-25(4,5)11-17)16-8-6-7-15(9-16)21-19(26)20(35-12-18(33)34)22(36-21)23-27-29-30-28-23/h6-9,17H,10-13H2,1-5H3,(H,33,34)(H,27,28,29,30). The van der Waals surface area contributed by atoms with Gasteiger partial charge in [0.2, 0.25) is 11.7 Å². The molecule has 192 valence electrons. The van der Waals surface area contributed by atoms with Gasteiger partial charge in [-0.05, 0) is 53.0 Å². The van der Waals surface area contributed by atoms with Gasteiger partial charge in [0.05, 0.1) is 4.88 Å². The number of anilines is 1. The molecule has 4 rings (SSSR count). The molecule has 9 nitrogen and oxygen atoms in total. The van der Waals surface area contributed by atoms with Crippen LogP contribution >= 0.6 is 22.9 Å². The molecule has 0 spiro atoms. The van der Waals surface area contributed by atoms with Gasteiger partial charge in [0, 0.05) is 18.7 Å². The smallest absolute Gasteiger partial charge is 0.341 e. The highest BCUT2D eigenvalue weighted by Gasteiger charge is 2.41. The molecule has 0 radical (unpaired) electrons. The summed E-state index contributed by atoms with van der Waals surface area (Å²) in [5, 5.41) is 23.4. The Bertz CT molecular complexity index is 1260. The Kier molecular flexibility index (Phi) is 7.12. The topological polar surface area (TPSA) is 121 Å². The monoisotopic (exact) mass is 531 g/mol. The molecular weight excluding hydrogens is 502 g/mol. The van der Waals surface area contributed by atoms with E-state index in [0.717, 1.165) is 30.5 Å². The van der Waals surface area contributed by atoms with Crippen molar-refractivity contribution < 1.29 is 19.4 Å². The Morgan fingerprint density at radius 1 is 1.22 bits per heavy atom. The summed E-state index contributed by atoms with van der Waals surface area (Å²) >= 11 is 7.98. The van der Waals surface area contributed by atoms with E-state index < -0.39 is 12.6 Å². The zero-order chi connectivity index (χ0) is 26.3. The average molecular weight is 532 g/mol. The molecule has 1 amide bonds. The third-order valence-electron chi connectivity index (χ3n) is 6.32. The molecule has 2 heterocycles. The van der Waals surface area contributed by atoms with Crippen molar-refractivity contribution >= 4 is 40.5 Å². The number of hydrogen-bond acceptors (Lipinski definition) is 7. The van der Waals surface area contributed by atoms with Crippen molar-refractivity contribution in [3.8, 4) is 26.9 Å². The Morgan fingerprint density at radius 3 is 2.50 bits per heavy atom. The number of nitrogens with one attached hydrogen (secondary N) is 1.